The molecule has 2 fully saturated rings. The van der Waals surface area contributed by atoms with Gasteiger partial charge in [0, 0.05) is 36.8 Å². The molecule has 2 atom stereocenters. The van der Waals surface area contributed by atoms with Crippen LogP contribution in [0.1, 0.15) is 19.4 Å². The van der Waals surface area contributed by atoms with Crippen LogP contribution in [0.2, 0.25) is 0 Å². The molecular formula is C15H17N3O4. The molecule has 2 aliphatic rings. The van der Waals surface area contributed by atoms with Crippen molar-refractivity contribution in [3.63, 3.8) is 0 Å². The molecule has 1 saturated carbocycles. The molecule has 1 saturated heterocycles. The van der Waals surface area contributed by atoms with E-state index < -0.39 is 9.85 Å². The quantitative estimate of drug-likeness (QED) is 0.629. The minimum atomic E-state index is -0.601. The average Bonchev–Trinajstić information content (AvgIpc) is 2.78. The standard InChI is InChI=1S/C15H17N3O4/c1-9-14-13(15(14,2)3)8-16(9)7-10-4-11(17(19)20)6-12(5-10)18(21)22/h4-6,13-14H,1,7-8H2,2-3H3. The number of hydrogen-bond donors (Lipinski definition) is 0. The monoisotopic (exact) mass is 303 g/mol. The molecule has 116 valence electrons. The Balaban J connectivity index is 1.83. The number of hydrogen-bond acceptors (Lipinski definition) is 5. The summed E-state index contributed by atoms with van der Waals surface area (Å²) in [6.45, 7) is 9.82. The van der Waals surface area contributed by atoms with Gasteiger partial charge in [0.25, 0.3) is 11.4 Å². The van der Waals surface area contributed by atoms with E-state index in [-0.39, 0.29) is 16.8 Å². The van der Waals surface area contributed by atoms with E-state index in [4.69, 9.17) is 0 Å². The lowest BCUT2D eigenvalue weighted by Crippen LogP contribution is -2.24. The van der Waals surface area contributed by atoms with Crippen molar-refractivity contribution < 1.29 is 9.85 Å². The largest absolute Gasteiger partial charge is 0.370 e. The van der Waals surface area contributed by atoms with Gasteiger partial charge >= 0.3 is 0 Å². The molecule has 1 aromatic rings. The summed E-state index contributed by atoms with van der Waals surface area (Å²) in [5, 5.41) is 21.9. The van der Waals surface area contributed by atoms with E-state index in [9.17, 15) is 20.2 Å². The summed E-state index contributed by atoms with van der Waals surface area (Å²) in [4.78, 5) is 22.7. The van der Waals surface area contributed by atoms with Crippen LogP contribution in [0.25, 0.3) is 0 Å². The summed E-state index contributed by atoms with van der Waals surface area (Å²) in [7, 11) is 0. The Morgan fingerprint density at radius 1 is 1.23 bits per heavy atom. The molecule has 7 heteroatoms. The third-order valence-electron chi connectivity index (χ3n) is 4.99. The summed E-state index contributed by atoms with van der Waals surface area (Å²) in [6, 6.07) is 3.79. The maximum Gasteiger partial charge on any atom is 0.276 e. The normalized spacial score (nSPS) is 25.0. The van der Waals surface area contributed by atoms with Gasteiger partial charge in [0.15, 0.2) is 0 Å². The van der Waals surface area contributed by atoms with E-state index in [0.717, 1.165) is 18.3 Å². The van der Waals surface area contributed by atoms with E-state index in [1.807, 2.05) is 0 Å². The molecule has 0 radical (unpaired) electrons. The number of fused-ring (bicyclic) bond motifs is 1. The number of nitro groups is 2. The van der Waals surface area contributed by atoms with Crippen LogP contribution >= 0.6 is 0 Å². The van der Waals surface area contributed by atoms with Gasteiger partial charge in [0.1, 0.15) is 0 Å². The van der Waals surface area contributed by atoms with Crippen molar-refractivity contribution in [2.75, 3.05) is 6.54 Å². The number of likely N-dealkylation sites (tertiary alicyclic amines) is 1. The molecule has 0 aromatic heterocycles. The van der Waals surface area contributed by atoms with E-state index in [0.29, 0.717) is 23.9 Å². The second-order valence-electron chi connectivity index (χ2n) is 6.65. The Morgan fingerprint density at radius 3 is 2.18 bits per heavy atom. The molecular weight excluding hydrogens is 286 g/mol. The lowest BCUT2D eigenvalue weighted by atomic mass is 10.0. The zero-order chi connectivity index (χ0) is 16.2. The fraction of sp³-hybridized carbons (Fsp3) is 0.467. The van der Waals surface area contributed by atoms with Gasteiger partial charge in [-0.1, -0.05) is 20.4 Å². The molecule has 22 heavy (non-hydrogen) atoms. The first-order chi connectivity index (χ1) is 10.2. The topological polar surface area (TPSA) is 89.5 Å². The summed E-state index contributed by atoms with van der Waals surface area (Å²) >= 11 is 0. The number of nitrogens with zero attached hydrogens (tertiary/aromatic N) is 3. The molecule has 7 nitrogen and oxygen atoms in total. The van der Waals surface area contributed by atoms with Crippen LogP contribution in [-0.4, -0.2) is 21.3 Å². The van der Waals surface area contributed by atoms with Gasteiger partial charge in [0.2, 0.25) is 0 Å². The summed E-state index contributed by atoms with van der Waals surface area (Å²) in [6.07, 6.45) is 0. The van der Waals surface area contributed by atoms with Crippen LogP contribution in [0.4, 0.5) is 11.4 Å². The van der Waals surface area contributed by atoms with Gasteiger partial charge in [0.05, 0.1) is 15.9 Å². The lowest BCUT2D eigenvalue weighted by Gasteiger charge is -2.25. The predicted octanol–water partition coefficient (Wildman–Crippen LogP) is 3.10. The van der Waals surface area contributed by atoms with Gasteiger partial charge in [-0.15, -0.1) is 0 Å². The highest BCUT2D eigenvalue weighted by molar-refractivity contribution is 5.47. The van der Waals surface area contributed by atoms with Crippen molar-refractivity contribution in [1.29, 1.82) is 0 Å². The van der Waals surface area contributed by atoms with E-state index >= 15 is 0 Å². The van der Waals surface area contributed by atoms with Crippen LogP contribution in [0.5, 0.6) is 0 Å². The Bertz CT molecular complexity index is 666. The van der Waals surface area contributed by atoms with Crippen LogP contribution in [0, 0.1) is 37.5 Å². The highest BCUT2D eigenvalue weighted by Crippen LogP contribution is 2.66. The Labute approximate surface area is 127 Å². The minimum absolute atomic E-state index is 0.250. The highest BCUT2D eigenvalue weighted by atomic mass is 16.6. The molecule has 1 heterocycles. The predicted molar refractivity (Wildman–Crippen MR) is 80.1 cm³/mol. The molecule has 0 amide bonds. The Morgan fingerprint density at radius 2 is 1.77 bits per heavy atom. The molecule has 1 aromatic carbocycles. The third-order valence-corrected chi connectivity index (χ3v) is 4.99. The van der Waals surface area contributed by atoms with Crippen molar-refractivity contribution in [3.8, 4) is 0 Å². The zero-order valence-corrected chi connectivity index (χ0v) is 12.5. The summed E-state index contributed by atoms with van der Waals surface area (Å²) in [5.41, 5.74) is 1.38. The molecule has 0 spiro atoms. The first-order valence-electron chi connectivity index (χ1n) is 7.08. The Kier molecular flexibility index (Phi) is 2.98. The zero-order valence-electron chi connectivity index (χ0n) is 12.5. The maximum absolute atomic E-state index is 10.9. The van der Waals surface area contributed by atoms with Crippen molar-refractivity contribution in [1.82, 2.24) is 4.90 Å². The van der Waals surface area contributed by atoms with Gasteiger partial charge in [-0.3, -0.25) is 20.2 Å². The first kappa shape index (κ1) is 14.5. The van der Waals surface area contributed by atoms with E-state index in [1.54, 1.807) is 0 Å². The van der Waals surface area contributed by atoms with Gasteiger partial charge < -0.3 is 4.90 Å². The average molecular weight is 303 g/mol. The fourth-order valence-corrected chi connectivity index (χ4v) is 3.64. The van der Waals surface area contributed by atoms with Crippen molar-refractivity contribution >= 4 is 11.4 Å². The van der Waals surface area contributed by atoms with E-state index in [2.05, 4.69) is 25.3 Å². The third kappa shape index (κ3) is 2.13. The molecule has 2 unspecified atom stereocenters. The number of benzene rings is 1. The van der Waals surface area contributed by atoms with Crippen LogP contribution in [-0.2, 0) is 6.54 Å². The number of non-ortho nitro benzene ring substituents is 2. The van der Waals surface area contributed by atoms with Gasteiger partial charge in [-0.2, -0.15) is 0 Å². The lowest BCUT2D eigenvalue weighted by molar-refractivity contribution is -0.394. The smallest absolute Gasteiger partial charge is 0.276 e. The van der Waals surface area contributed by atoms with Gasteiger partial charge in [-0.25, -0.2) is 0 Å². The summed E-state index contributed by atoms with van der Waals surface area (Å²) < 4.78 is 0. The molecule has 0 N–H and O–H groups in total. The van der Waals surface area contributed by atoms with Crippen LogP contribution in [0.3, 0.4) is 0 Å². The first-order valence-corrected chi connectivity index (χ1v) is 7.08. The second-order valence-corrected chi connectivity index (χ2v) is 6.65. The molecule has 0 bridgehead atoms. The fourth-order valence-electron chi connectivity index (χ4n) is 3.64. The second kappa shape index (κ2) is 4.53. The Hall–Kier alpha value is -2.44. The highest BCUT2D eigenvalue weighted by Gasteiger charge is 2.63. The number of nitro benzene ring substituents is 2. The van der Waals surface area contributed by atoms with Crippen LogP contribution < -0.4 is 0 Å². The summed E-state index contributed by atoms with van der Waals surface area (Å²) in [5.74, 6) is 1.02. The molecule has 1 aliphatic carbocycles. The van der Waals surface area contributed by atoms with Crippen molar-refractivity contribution in [2.24, 2.45) is 17.3 Å². The van der Waals surface area contributed by atoms with Gasteiger partial charge in [-0.05, 0) is 16.9 Å². The molecule has 3 rings (SSSR count). The molecule has 1 aliphatic heterocycles. The van der Waals surface area contributed by atoms with Crippen molar-refractivity contribution in [2.45, 2.75) is 20.4 Å². The van der Waals surface area contributed by atoms with Crippen LogP contribution in [0.15, 0.2) is 30.5 Å². The van der Waals surface area contributed by atoms with E-state index in [1.165, 1.54) is 12.1 Å². The number of piperidine rings is 1. The number of rotatable bonds is 4. The van der Waals surface area contributed by atoms with Crippen molar-refractivity contribution in [3.05, 3.63) is 56.3 Å². The minimum Gasteiger partial charge on any atom is -0.370 e. The SMILES string of the molecule is C=C1C2C(CN1Cc1cc([N+](=O)[O-])cc([N+](=O)[O-])c1)C2(C)C. The number of allylic oxidation sites excluding steroid dienone is 1. The maximum atomic E-state index is 10.9.